The number of hydrogen-bond acceptors (Lipinski definition) is 6. The minimum atomic E-state index is -3.70. The van der Waals surface area contributed by atoms with Gasteiger partial charge in [0.1, 0.15) is 6.61 Å². The van der Waals surface area contributed by atoms with E-state index in [0.717, 1.165) is 11.1 Å². The van der Waals surface area contributed by atoms with Crippen LogP contribution in [-0.4, -0.2) is 33.0 Å². The third kappa shape index (κ3) is 6.77. The first kappa shape index (κ1) is 24.2. The predicted molar refractivity (Wildman–Crippen MR) is 126 cm³/mol. The number of methoxy groups -OCH3 is 1. The standard InChI is InChI=1S/C24H27N3O5S/c1-17-6-7-18(2)23(13-17)33(29,30)26-12-10-24(28)27-20-8-9-21(31-3)22(14-20)32-16-19-5-4-11-25-15-19/h4-9,11,13-15,26H,10,12,16H2,1-3H3,(H,27,28). The third-order valence-corrected chi connectivity index (χ3v) is 6.44. The summed E-state index contributed by atoms with van der Waals surface area (Å²) in [6, 6.07) is 14.0. The van der Waals surface area contributed by atoms with Crippen molar-refractivity contribution in [2.24, 2.45) is 0 Å². The highest BCUT2D eigenvalue weighted by molar-refractivity contribution is 7.89. The second-order valence-electron chi connectivity index (χ2n) is 7.48. The van der Waals surface area contributed by atoms with E-state index in [1.807, 2.05) is 25.1 Å². The highest BCUT2D eigenvalue weighted by atomic mass is 32.2. The Morgan fingerprint density at radius 2 is 1.88 bits per heavy atom. The van der Waals surface area contributed by atoms with Crippen LogP contribution < -0.4 is 19.5 Å². The lowest BCUT2D eigenvalue weighted by Gasteiger charge is -2.13. The van der Waals surface area contributed by atoms with E-state index in [4.69, 9.17) is 9.47 Å². The fraction of sp³-hybridized carbons (Fsp3) is 0.250. The summed E-state index contributed by atoms with van der Waals surface area (Å²) in [5.74, 6) is 0.662. The summed E-state index contributed by atoms with van der Waals surface area (Å²) in [5.41, 5.74) is 2.90. The van der Waals surface area contributed by atoms with Gasteiger partial charge < -0.3 is 14.8 Å². The minimum absolute atomic E-state index is 0.0257. The van der Waals surface area contributed by atoms with Crippen molar-refractivity contribution in [2.45, 2.75) is 31.8 Å². The minimum Gasteiger partial charge on any atom is -0.493 e. The number of pyridine rings is 1. The topological polar surface area (TPSA) is 107 Å². The quantitative estimate of drug-likeness (QED) is 0.470. The zero-order chi connectivity index (χ0) is 23.8. The van der Waals surface area contributed by atoms with Gasteiger partial charge in [-0.05, 0) is 49.2 Å². The molecule has 1 heterocycles. The van der Waals surface area contributed by atoms with Crippen molar-refractivity contribution in [1.29, 1.82) is 0 Å². The number of benzene rings is 2. The van der Waals surface area contributed by atoms with Gasteiger partial charge in [0.25, 0.3) is 0 Å². The molecule has 0 bridgehead atoms. The average Bonchev–Trinajstić information content (AvgIpc) is 2.80. The number of nitrogens with zero attached hydrogens (tertiary/aromatic N) is 1. The second-order valence-corrected chi connectivity index (χ2v) is 9.22. The van der Waals surface area contributed by atoms with Gasteiger partial charge in [-0.15, -0.1) is 0 Å². The van der Waals surface area contributed by atoms with Crippen LogP contribution in [0.2, 0.25) is 0 Å². The van der Waals surface area contributed by atoms with Crippen molar-refractivity contribution in [3.63, 3.8) is 0 Å². The number of carbonyl (C=O) groups excluding carboxylic acids is 1. The number of aromatic nitrogens is 1. The molecule has 0 radical (unpaired) electrons. The fourth-order valence-corrected chi connectivity index (χ4v) is 4.47. The van der Waals surface area contributed by atoms with E-state index in [1.54, 1.807) is 49.6 Å². The Balaban J connectivity index is 1.58. The van der Waals surface area contributed by atoms with Crippen LogP contribution in [0, 0.1) is 13.8 Å². The summed E-state index contributed by atoms with van der Waals surface area (Å²) in [7, 11) is -2.17. The van der Waals surface area contributed by atoms with Crippen LogP contribution in [0.5, 0.6) is 11.5 Å². The molecule has 0 fully saturated rings. The number of carbonyl (C=O) groups is 1. The number of aryl methyl sites for hydroxylation is 2. The van der Waals surface area contributed by atoms with E-state index in [9.17, 15) is 13.2 Å². The monoisotopic (exact) mass is 469 g/mol. The molecule has 174 valence electrons. The Labute approximate surface area is 194 Å². The zero-order valence-corrected chi connectivity index (χ0v) is 19.6. The van der Waals surface area contributed by atoms with Crippen LogP contribution >= 0.6 is 0 Å². The van der Waals surface area contributed by atoms with Gasteiger partial charge in [0.2, 0.25) is 15.9 Å². The number of anilines is 1. The smallest absolute Gasteiger partial charge is 0.240 e. The first-order valence-electron chi connectivity index (χ1n) is 10.3. The molecular weight excluding hydrogens is 442 g/mol. The predicted octanol–water partition coefficient (Wildman–Crippen LogP) is 3.59. The van der Waals surface area contributed by atoms with Gasteiger partial charge in [0.15, 0.2) is 11.5 Å². The van der Waals surface area contributed by atoms with Gasteiger partial charge in [-0.3, -0.25) is 9.78 Å². The summed E-state index contributed by atoms with van der Waals surface area (Å²) in [6.45, 7) is 3.83. The second kappa shape index (κ2) is 10.9. The average molecular weight is 470 g/mol. The molecule has 2 N–H and O–H groups in total. The lowest BCUT2D eigenvalue weighted by Crippen LogP contribution is -2.28. The number of rotatable bonds is 10. The van der Waals surface area contributed by atoms with Crippen molar-refractivity contribution in [3.05, 3.63) is 77.6 Å². The van der Waals surface area contributed by atoms with Crippen molar-refractivity contribution in [2.75, 3.05) is 19.0 Å². The normalized spacial score (nSPS) is 11.1. The number of amides is 1. The van der Waals surface area contributed by atoms with Gasteiger partial charge >= 0.3 is 0 Å². The lowest BCUT2D eigenvalue weighted by molar-refractivity contribution is -0.116. The molecule has 3 aromatic rings. The molecule has 1 aromatic heterocycles. The Kier molecular flexibility index (Phi) is 8.02. The number of ether oxygens (including phenoxy) is 2. The summed E-state index contributed by atoms with van der Waals surface area (Å²) in [6.07, 6.45) is 3.36. The lowest BCUT2D eigenvalue weighted by atomic mass is 10.2. The molecule has 33 heavy (non-hydrogen) atoms. The van der Waals surface area contributed by atoms with Gasteiger partial charge in [-0.2, -0.15) is 0 Å². The Hall–Kier alpha value is -3.43. The molecule has 0 spiro atoms. The van der Waals surface area contributed by atoms with E-state index >= 15 is 0 Å². The Bertz CT molecular complexity index is 1210. The number of nitrogens with one attached hydrogen (secondary N) is 2. The van der Waals surface area contributed by atoms with Crippen LogP contribution in [-0.2, 0) is 21.4 Å². The van der Waals surface area contributed by atoms with Crippen LogP contribution in [0.4, 0.5) is 5.69 Å². The molecule has 0 saturated carbocycles. The highest BCUT2D eigenvalue weighted by Gasteiger charge is 2.17. The largest absolute Gasteiger partial charge is 0.493 e. The summed E-state index contributed by atoms with van der Waals surface area (Å²) < 4.78 is 38.8. The Morgan fingerprint density at radius 1 is 1.06 bits per heavy atom. The molecule has 8 nitrogen and oxygen atoms in total. The summed E-state index contributed by atoms with van der Waals surface area (Å²) in [4.78, 5) is 16.6. The summed E-state index contributed by atoms with van der Waals surface area (Å²) in [5, 5.41) is 2.76. The molecule has 2 aromatic carbocycles. The number of hydrogen-bond donors (Lipinski definition) is 2. The van der Waals surface area contributed by atoms with E-state index in [0.29, 0.717) is 29.4 Å². The van der Waals surface area contributed by atoms with Crippen molar-refractivity contribution >= 4 is 21.6 Å². The molecular formula is C24H27N3O5S. The summed E-state index contributed by atoms with van der Waals surface area (Å²) >= 11 is 0. The molecule has 1 amide bonds. The maximum Gasteiger partial charge on any atom is 0.240 e. The van der Waals surface area contributed by atoms with E-state index in [2.05, 4.69) is 15.0 Å². The van der Waals surface area contributed by atoms with E-state index < -0.39 is 10.0 Å². The highest BCUT2D eigenvalue weighted by Crippen LogP contribution is 2.31. The molecule has 3 rings (SSSR count). The maximum absolute atomic E-state index is 12.6. The molecule has 9 heteroatoms. The Morgan fingerprint density at radius 3 is 2.61 bits per heavy atom. The fourth-order valence-electron chi connectivity index (χ4n) is 3.11. The van der Waals surface area contributed by atoms with Crippen LogP contribution in [0.25, 0.3) is 0 Å². The third-order valence-electron chi connectivity index (χ3n) is 4.84. The van der Waals surface area contributed by atoms with Gasteiger partial charge in [0, 0.05) is 42.7 Å². The van der Waals surface area contributed by atoms with E-state index in [1.165, 1.54) is 7.11 Å². The van der Waals surface area contributed by atoms with Gasteiger partial charge in [0.05, 0.1) is 12.0 Å². The SMILES string of the molecule is COc1ccc(NC(=O)CCNS(=O)(=O)c2cc(C)ccc2C)cc1OCc1cccnc1. The van der Waals surface area contributed by atoms with Crippen molar-refractivity contribution in [1.82, 2.24) is 9.71 Å². The van der Waals surface area contributed by atoms with E-state index in [-0.39, 0.29) is 23.8 Å². The molecule has 0 unspecified atom stereocenters. The number of sulfonamides is 1. The van der Waals surface area contributed by atoms with Gasteiger partial charge in [-0.1, -0.05) is 18.2 Å². The van der Waals surface area contributed by atoms with Crippen molar-refractivity contribution in [3.8, 4) is 11.5 Å². The molecule has 0 aliphatic carbocycles. The molecule has 0 atom stereocenters. The first-order valence-corrected chi connectivity index (χ1v) is 11.8. The van der Waals surface area contributed by atoms with Gasteiger partial charge in [-0.25, -0.2) is 13.1 Å². The van der Waals surface area contributed by atoms with Crippen LogP contribution in [0.1, 0.15) is 23.1 Å². The zero-order valence-electron chi connectivity index (χ0n) is 18.8. The van der Waals surface area contributed by atoms with Crippen LogP contribution in [0.15, 0.2) is 65.8 Å². The van der Waals surface area contributed by atoms with Crippen LogP contribution in [0.3, 0.4) is 0 Å². The van der Waals surface area contributed by atoms with Crippen molar-refractivity contribution < 1.29 is 22.7 Å². The molecule has 0 aliphatic rings. The molecule has 0 saturated heterocycles. The first-order chi connectivity index (χ1) is 15.8. The molecule has 0 aliphatic heterocycles. The maximum atomic E-state index is 12.6.